The summed E-state index contributed by atoms with van der Waals surface area (Å²) in [5.41, 5.74) is 6.04. The lowest BCUT2D eigenvalue weighted by atomic mass is 10.0. The van der Waals surface area contributed by atoms with Crippen LogP contribution in [0.5, 0.6) is 0 Å². The minimum Gasteiger partial charge on any atom is -0.369 e. The summed E-state index contributed by atoms with van der Waals surface area (Å²) in [6.45, 7) is 1.64. The zero-order chi connectivity index (χ0) is 20.9. The van der Waals surface area contributed by atoms with E-state index in [2.05, 4.69) is 10.0 Å². The van der Waals surface area contributed by atoms with Gasteiger partial charge in [-0.15, -0.1) is 0 Å². The monoisotopic (exact) mass is 416 g/mol. The summed E-state index contributed by atoms with van der Waals surface area (Å²) in [4.78, 5) is 25.6. The molecule has 1 heterocycles. The molecule has 2 aromatic rings. The SMILES string of the molecule is NC(=O)CN1CCC(NC(=O)c2ccc(NS(=O)(=O)c3ccccc3)cc2)CC1. The van der Waals surface area contributed by atoms with Crippen molar-refractivity contribution in [3.8, 4) is 0 Å². The number of nitrogens with one attached hydrogen (secondary N) is 2. The average molecular weight is 417 g/mol. The number of carbonyl (C=O) groups excluding carboxylic acids is 2. The number of benzene rings is 2. The van der Waals surface area contributed by atoms with Crippen LogP contribution in [0.2, 0.25) is 0 Å². The quantitative estimate of drug-likeness (QED) is 0.625. The van der Waals surface area contributed by atoms with Crippen LogP contribution in [0.25, 0.3) is 0 Å². The normalized spacial score (nSPS) is 15.6. The third-order valence-electron chi connectivity index (χ3n) is 4.76. The molecule has 2 amide bonds. The molecule has 8 nitrogen and oxygen atoms in total. The van der Waals surface area contributed by atoms with E-state index in [-0.39, 0.29) is 29.3 Å². The summed E-state index contributed by atoms with van der Waals surface area (Å²) >= 11 is 0. The summed E-state index contributed by atoms with van der Waals surface area (Å²) in [6, 6.07) is 14.4. The van der Waals surface area contributed by atoms with Crippen molar-refractivity contribution in [2.75, 3.05) is 24.4 Å². The van der Waals surface area contributed by atoms with Crippen molar-refractivity contribution < 1.29 is 18.0 Å². The Labute approximate surface area is 170 Å². The van der Waals surface area contributed by atoms with Gasteiger partial charge in [-0.25, -0.2) is 8.42 Å². The van der Waals surface area contributed by atoms with Crippen LogP contribution in [-0.4, -0.2) is 50.8 Å². The predicted octanol–water partition coefficient (Wildman–Crippen LogP) is 1.17. The van der Waals surface area contributed by atoms with Gasteiger partial charge < -0.3 is 11.1 Å². The predicted molar refractivity (Wildman–Crippen MR) is 110 cm³/mol. The van der Waals surface area contributed by atoms with Crippen molar-refractivity contribution in [1.29, 1.82) is 0 Å². The first-order chi connectivity index (χ1) is 13.8. The Kier molecular flexibility index (Phi) is 6.50. The second-order valence-corrected chi connectivity index (χ2v) is 8.67. The number of anilines is 1. The molecular formula is C20H24N4O4S. The zero-order valence-electron chi connectivity index (χ0n) is 15.9. The first kappa shape index (κ1) is 20.8. The molecule has 0 atom stereocenters. The molecule has 29 heavy (non-hydrogen) atoms. The van der Waals surface area contributed by atoms with Crippen LogP contribution in [0.4, 0.5) is 5.69 Å². The van der Waals surface area contributed by atoms with E-state index in [0.717, 1.165) is 12.8 Å². The Morgan fingerprint density at radius 2 is 1.62 bits per heavy atom. The molecule has 1 saturated heterocycles. The highest BCUT2D eigenvalue weighted by Gasteiger charge is 2.22. The van der Waals surface area contributed by atoms with Crippen LogP contribution in [0.15, 0.2) is 59.5 Å². The molecule has 2 aromatic carbocycles. The third kappa shape index (κ3) is 5.78. The van der Waals surface area contributed by atoms with Crippen molar-refractivity contribution in [1.82, 2.24) is 10.2 Å². The lowest BCUT2D eigenvalue weighted by Gasteiger charge is -2.31. The second-order valence-electron chi connectivity index (χ2n) is 6.99. The zero-order valence-corrected chi connectivity index (χ0v) is 16.7. The topological polar surface area (TPSA) is 122 Å². The van der Waals surface area contributed by atoms with Crippen LogP contribution in [-0.2, 0) is 14.8 Å². The Bertz CT molecular complexity index is 954. The highest BCUT2D eigenvalue weighted by molar-refractivity contribution is 7.92. The van der Waals surface area contributed by atoms with E-state index in [1.807, 2.05) is 4.90 Å². The van der Waals surface area contributed by atoms with E-state index in [4.69, 9.17) is 5.73 Å². The summed E-state index contributed by atoms with van der Waals surface area (Å²) in [5.74, 6) is -0.564. The summed E-state index contributed by atoms with van der Waals surface area (Å²) in [6.07, 6.45) is 1.49. The standard InChI is InChI=1S/C20H24N4O4S/c21-19(25)14-24-12-10-16(11-13-24)22-20(26)15-6-8-17(9-7-15)23-29(27,28)18-4-2-1-3-5-18/h1-9,16,23H,10-14H2,(H2,21,25)(H,22,26). The van der Waals surface area contributed by atoms with E-state index in [9.17, 15) is 18.0 Å². The van der Waals surface area contributed by atoms with Crippen LogP contribution in [0.1, 0.15) is 23.2 Å². The van der Waals surface area contributed by atoms with Gasteiger partial charge in [-0.3, -0.25) is 19.2 Å². The van der Waals surface area contributed by atoms with Gasteiger partial charge in [0, 0.05) is 30.4 Å². The lowest BCUT2D eigenvalue weighted by Crippen LogP contribution is -2.46. The highest BCUT2D eigenvalue weighted by Crippen LogP contribution is 2.17. The van der Waals surface area contributed by atoms with Gasteiger partial charge >= 0.3 is 0 Å². The number of carbonyl (C=O) groups is 2. The molecular weight excluding hydrogens is 392 g/mol. The number of hydrogen-bond donors (Lipinski definition) is 3. The molecule has 1 aliphatic rings. The number of nitrogens with two attached hydrogens (primary N) is 1. The Hall–Kier alpha value is -2.91. The van der Waals surface area contributed by atoms with Crippen molar-refractivity contribution in [2.45, 2.75) is 23.8 Å². The van der Waals surface area contributed by atoms with E-state index < -0.39 is 10.0 Å². The number of primary amides is 1. The smallest absolute Gasteiger partial charge is 0.261 e. The molecule has 1 aliphatic heterocycles. The largest absolute Gasteiger partial charge is 0.369 e. The van der Waals surface area contributed by atoms with Gasteiger partial charge in [-0.1, -0.05) is 18.2 Å². The van der Waals surface area contributed by atoms with Crippen LogP contribution < -0.4 is 15.8 Å². The van der Waals surface area contributed by atoms with Gasteiger partial charge in [-0.2, -0.15) is 0 Å². The second kappa shape index (κ2) is 9.06. The van der Waals surface area contributed by atoms with Crippen LogP contribution >= 0.6 is 0 Å². The summed E-state index contributed by atoms with van der Waals surface area (Å²) < 4.78 is 27.2. The van der Waals surface area contributed by atoms with Crippen molar-refractivity contribution in [2.24, 2.45) is 5.73 Å². The van der Waals surface area contributed by atoms with Gasteiger partial charge in [0.05, 0.1) is 11.4 Å². The number of piperidine rings is 1. The first-order valence-electron chi connectivity index (χ1n) is 9.33. The molecule has 154 valence electrons. The minimum absolute atomic E-state index is 0.0305. The van der Waals surface area contributed by atoms with Crippen molar-refractivity contribution >= 4 is 27.5 Å². The maximum atomic E-state index is 12.5. The number of amides is 2. The highest BCUT2D eigenvalue weighted by atomic mass is 32.2. The lowest BCUT2D eigenvalue weighted by molar-refractivity contribution is -0.119. The van der Waals surface area contributed by atoms with Crippen molar-refractivity contribution in [3.63, 3.8) is 0 Å². The molecule has 0 unspecified atom stereocenters. The van der Waals surface area contributed by atoms with E-state index in [1.165, 1.54) is 12.1 Å². The molecule has 4 N–H and O–H groups in total. The van der Waals surface area contributed by atoms with Gasteiger partial charge in [0.1, 0.15) is 0 Å². The molecule has 3 rings (SSSR count). The number of hydrogen-bond acceptors (Lipinski definition) is 5. The number of rotatable bonds is 7. The molecule has 0 aromatic heterocycles. The molecule has 0 spiro atoms. The molecule has 0 aliphatic carbocycles. The molecule has 0 radical (unpaired) electrons. The fraction of sp³-hybridized carbons (Fsp3) is 0.300. The average Bonchev–Trinajstić information content (AvgIpc) is 2.70. The Morgan fingerprint density at radius 3 is 2.21 bits per heavy atom. The van der Waals surface area contributed by atoms with Gasteiger partial charge in [0.15, 0.2) is 0 Å². The van der Waals surface area contributed by atoms with E-state index in [0.29, 0.717) is 24.3 Å². The maximum Gasteiger partial charge on any atom is 0.261 e. The number of sulfonamides is 1. The molecule has 9 heteroatoms. The first-order valence-corrected chi connectivity index (χ1v) is 10.8. The minimum atomic E-state index is -3.67. The molecule has 1 fully saturated rings. The Balaban J connectivity index is 1.55. The summed E-state index contributed by atoms with van der Waals surface area (Å²) in [5, 5.41) is 2.98. The van der Waals surface area contributed by atoms with Crippen LogP contribution in [0, 0.1) is 0 Å². The van der Waals surface area contributed by atoms with E-state index in [1.54, 1.807) is 42.5 Å². The fourth-order valence-corrected chi connectivity index (χ4v) is 4.31. The van der Waals surface area contributed by atoms with Gasteiger partial charge in [0.2, 0.25) is 5.91 Å². The Morgan fingerprint density at radius 1 is 1.00 bits per heavy atom. The van der Waals surface area contributed by atoms with Crippen LogP contribution in [0.3, 0.4) is 0 Å². The number of likely N-dealkylation sites (tertiary alicyclic amines) is 1. The fourth-order valence-electron chi connectivity index (χ4n) is 3.23. The van der Waals surface area contributed by atoms with E-state index >= 15 is 0 Å². The molecule has 0 bridgehead atoms. The van der Waals surface area contributed by atoms with Gasteiger partial charge in [-0.05, 0) is 49.2 Å². The summed E-state index contributed by atoms with van der Waals surface area (Å²) in [7, 11) is -3.67. The third-order valence-corrected chi connectivity index (χ3v) is 6.15. The molecule has 0 saturated carbocycles. The van der Waals surface area contributed by atoms with Crippen molar-refractivity contribution in [3.05, 3.63) is 60.2 Å². The number of nitrogens with zero attached hydrogens (tertiary/aromatic N) is 1. The maximum absolute atomic E-state index is 12.5. The van der Waals surface area contributed by atoms with Gasteiger partial charge in [0.25, 0.3) is 15.9 Å².